The van der Waals surface area contributed by atoms with Gasteiger partial charge in [0.1, 0.15) is 0 Å². The Balaban J connectivity index is 1.13. The summed E-state index contributed by atoms with van der Waals surface area (Å²) in [6.45, 7) is 4.76. The minimum atomic E-state index is -0.550. The molecule has 316 valence electrons. The summed E-state index contributed by atoms with van der Waals surface area (Å²) in [7, 11) is 0. The Bertz CT molecular complexity index is 3670. The predicted octanol–water partition coefficient (Wildman–Crippen LogP) is 17.5. The van der Waals surface area contributed by atoms with Crippen LogP contribution in [0.4, 0.5) is 17.1 Å². The molecule has 0 saturated heterocycles. The molecule has 13 rings (SSSR count). The molecule has 0 heterocycles. The van der Waals surface area contributed by atoms with Gasteiger partial charge in [0.05, 0.1) is 11.1 Å². The van der Waals surface area contributed by atoms with E-state index in [9.17, 15) is 0 Å². The summed E-state index contributed by atoms with van der Waals surface area (Å²) in [6, 6.07) is 92.8. The van der Waals surface area contributed by atoms with E-state index in [-0.39, 0.29) is 5.41 Å². The highest BCUT2D eigenvalue weighted by atomic mass is 15.1. The van der Waals surface area contributed by atoms with E-state index in [0.717, 1.165) is 17.1 Å². The van der Waals surface area contributed by atoms with Crippen LogP contribution in [0.3, 0.4) is 0 Å². The van der Waals surface area contributed by atoms with Crippen molar-refractivity contribution < 1.29 is 0 Å². The van der Waals surface area contributed by atoms with Gasteiger partial charge < -0.3 is 4.90 Å². The number of hydrogen-bond acceptors (Lipinski definition) is 1. The highest BCUT2D eigenvalue weighted by Gasteiger charge is 2.46. The molecule has 0 aliphatic heterocycles. The third-order valence-corrected chi connectivity index (χ3v) is 14.9. The Morgan fingerprint density at radius 2 is 0.806 bits per heavy atom. The Morgan fingerprint density at radius 3 is 1.49 bits per heavy atom. The molecule has 0 bridgehead atoms. The third-order valence-electron chi connectivity index (χ3n) is 14.9. The maximum atomic E-state index is 2.55. The summed E-state index contributed by atoms with van der Waals surface area (Å²) in [5.41, 5.74) is 20.3. The molecule has 11 aromatic rings. The zero-order valence-electron chi connectivity index (χ0n) is 37.6. The van der Waals surface area contributed by atoms with Crippen LogP contribution in [-0.4, -0.2) is 0 Å². The molecular weight excluding hydrogens is 807 g/mol. The lowest BCUT2D eigenvalue weighted by atomic mass is 9.67. The van der Waals surface area contributed by atoms with E-state index < -0.39 is 5.41 Å². The molecule has 0 spiro atoms. The van der Waals surface area contributed by atoms with Crippen molar-refractivity contribution in [1.29, 1.82) is 0 Å². The third kappa shape index (κ3) is 5.81. The van der Waals surface area contributed by atoms with Gasteiger partial charge in [-0.05, 0) is 130 Å². The van der Waals surface area contributed by atoms with Crippen LogP contribution in [0.15, 0.2) is 249 Å². The van der Waals surface area contributed by atoms with Gasteiger partial charge in [-0.3, -0.25) is 0 Å². The molecule has 0 atom stereocenters. The van der Waals surface area contributed by atoms with Gasteiger partial charge in [0.2, 0.25) is 0 Å². The van der Waals surface area contributed by atoms with E-state index >= 15 is 0 Å². The first-order chi connectivity index (χ1) is 33.0. The van der Waals surface area contributed by atoms with Crippen LogP contribution in [0, 0.1) is 0 Å². The standard InChI is InChI=1S/C66H47N/c1-65(2)59-34-18-16-31-53(59)55-39-37-48(42-61(55)65)67(49-38-40-56-54-32-17-19-35-60(54)66(62(56)43-49,46-24-8-4-9-25-46)47-26-10-5-11-27-47)63-36-20-33-57(64(63)44-21-6-3-7-22-44)58-41-45-23-12-13-28-50(45)51-29-14-15-30-52(51)58/h3-43H,1-2H3. The van der Waals surface area contributed by atoms with Gasteiger partial charge in [-0.25, -0.2) is 0 Å². The molecule has 11 aromatic carbocycles. The number of fused-ring (bicyclic) bond motifs is 9. The van der Waals surface area contributed by atoms with Crippen LogP contribution < -0.4 is 4.90 Å². The van der Waals surface area contributed by atoms with Crippen LogP contribution in [0.1, 0.15) is 47.2 Å². The van der Waals surface area contributed by atoms with Crippen molar-refractivity contribution in [2.24, 2.45) is 0 Å². The maximum Gasteiger partial charge on any atom is 0.0714 e. The van der Waals surface area contributed by atoms with Gasteiger partial charge in [0, 0.05) is 22.4 Å². The van der Waals surface area contributed by atoms with Crippen LogP contribution in [0.2, 0.25) is 0 Å². The second kappa shape index (κ2) is 15.2. The smallest absolute Gasteiger partial charge is 0.0714 e. The van der Waals surface area contributed by atoms with Gasteiger partial charge >= 0.3 is 0 Å². The van der Waals surface area contributed by atoms with Crippen molar-refractivity contribution in [2.75, 3.05) is 4.90 Å². The molecule has 67 heavy (non-hydrogen) atoms. The van der Waals surface area contributed by atoms with Gasteiger partial charge in [-0.1, -0.05) is 226 Å². The largest absolute Gasteiger partial charge is 0.310 e. The van der Waals surface area contributed by atoms with Gasteiger partial charge in [0.25, 0.3) is 0 Å². The van der Waals surface area contributed by atoms with E-state index in [4.69, 9.17) is 0 Å². The fourth-order valence-electron chi connectivity index (χ4n) is 12.0. The normalized spacial score (nSPS) is 13.8. The Kier molecular flexibility index (Phi) is 8.85. The monoisotopic (exact) mass is 853 g/mol. The first-order valence-electron chi connectivity index (χ1n) is 23.5. The fourth-order valence-corrected chi connectivity index (χ4v) is 12.0. The number of anilines is 3. The Hall–Kier alpha value is -8.26. The molecule has 0 amide bonds. The molecule has 0 unspecified atom stereocenters. The first-order valence-corrected chi connectivity index (χ1v) is 23.5. The van der Waals surface area contributed by atoms with Crippen molar-refractivity contribution in [3.63, 3.8) is 0 Å². The lowest BCUT2D eigenvalue weighted by molar-refractivity contribution is 0.660. The van der Waals surface area contributed by atoms with Crippen molar-refractivity contribution >= 4 is 38.6 Å². The van der Waals surface area contributed by atoms with Crippen LogP contribution in [-0.2, 0) is 10.8 Å². The lowest BCUT2D eigenvalue weighted by Crippen LogP contribution is -2.28. The van der Waals surface area contributed by atoms with Crippen LogP contribution in [0.25, 0.3) is 66.1 Å². The molecule has 0 saturated carbocycles. The van der Waals surface area contributed by atoms with Crippen molar-refractivity contribution in [2.45, 2.75) is 24.7 Å². The summed E-state index contributed by atoms with van der Waals surface area (Å²) in [6.07, 6.45) is 0. The summed E-state index contributed by atoms with van der Waals surface area (Å²) in [5.74, 6) is 0. The zero-order chi connectivity index (χ0) is 44.7. The van der Waals surface area contributed by atoms with Gasteiger partial charge in [-0.2, -0.15) is 0 Å². The van der Waals surface area contributed by atoms with Crippen molar-refractivity contribution in [3.05, 3.63) is 282 Å². The average molecular weight is 854 g/mol. The number of nitrogens with zero attached hydrogens (tertiary/aromatic N) is 1. The molecule has 2 aliphatic rings. The van der Waals surface area contributed by atoms with Crippen molar-refractivity contribution in [3.8, 4) is 44.5 Å². The van der Waals surface area contributed by atoms with E-state index in [2.05, 4.69) is 267 Å². The van der Waals surface area contributed by atoms with E-state index in [1.54, 1.807) is 0 Å². The summed E-state index contributed by atoms with van der Waals surface area (Å²) in [5, 5.41) is 5.00. The zero-order valence-corrected chi connectivity index (χ0v) is 37.6. The van der Waals surface area contributed by atoms with Gasteiger partial charge in [0.15, 0.2) is 0 Å². The quantitative estimate of drug-likeness (QED) is 0.144. The second-order valence-corrected chi connectivity index (χ2v) is 18.7. The highest BCUT2D eigenvalue weighted by molar-refractivity contribution is 6.15. The molecular formula is C66H47N. The summed E-state index contributed by atoms with van der Waals surface area (Å²) >= 11 is 0. The first kappa shape index (κ1) is 39.1. The maximum absolute atomic E-state index is 2.55. The van der Waals surface area contributed by atoms with E-state index in [1.807, 2.05) is 0 Å². The summed E-state index contributed by atoms with van der Waals surface area (Å²) < 4.78 is 0. The minimum absolute atomic E-state index is 0.183. The molecule has 2 aliphatic carbocycles. The Labute approximate surface area is 392 Å². The van der Waals surface area contributed by atoms with E-state index in [1.165, 1.54) is 99.4 Å². The molecule has 0 N–H and O–H groups in total. The van der Waals surface area contributed by atoms with Crippen LogP contribution >= 0.6 is 0 Å². The minimum Gasteiger partial charge on any atom is -0.310 e. The lowest BCUT2D eigenvalue weighted by Gasteiger charge is -2.35. The van der Waals surface area contributed by atoms with Gasteiger partial charge in [-0.15, -0.1) is 0 Å². The molecule has 0 radical (unpaired) electrons. The van der Waals surface area contributed by atoms with Crippen molar-refractivity contribution in [1.82, 2.24) is 0 Å². The second-order valence-electron chi connectivity index (χ2n) is 18.7. The average Bonchev–Trinajstić information content (AvgIpc) is 3.82. The molecule has 1 heteroatoms. The molecule has 0 aromatic heterocycles. The fraction of sp³-hybridized carbons (Fsp3) is 0.0606. The number of hydrogen-bond donors (Lipinski definition) is 0. The number of rotatable bonds is 7. The summed E-state index contributed by atoms with van der Waals surface area (Å²) in [4.78, 5) is 2.55. The molecule has 1 nitrogen and oxygen atoms in total. The highest BCUT2D eigenvalue weighted by Crippen LogP contribution is 2.58. The number of benzene rings is 11. The van der Waals surface area contributed by atoms with Crippen LogP contribution in [0.5, 0.6) is 0 Å². The SMILES string of the molecule is CC1(C)c2ccccc2-c2ccc(N(c3ccc4c(c3)C(c3ccccc3)(c3ccccc3)c3ccccc3-4)c3cccc(-c4cc5ccccc5c5ccccc45)c3-c3ccccc3)cc21. The topological polar surface area (TPSA) is 3.24 Å². The predicted molar refractivity (Wildman–Crippen MR) is 282 cm³/mol. The Morgan fingerprint density at radius 1 is 0.313 bits per heavy atom. The van der Waals surface area contributed by atoms with E-state index in [0.29, 0.717) is 0 Å². The molecule has 0 fully saturated rings.